The summed E-state index contributed by atoms with van der Waals surface area (Å²) in [6, 6.07) is 1.66. The number of rotatable bonds is 3. The first-order chi connectivity index (χ1) is 8.22. The molecule has 88 valence electrons. The molecule has 2 heterocycles. The molecule has 0 spiro atoms. The first-order valence-electron chi connectivity index (χ1n) is 4.74. The van der Waals surface area contributed by atoms with Crippen LogP contribution in [0.1, 0.15) is 17.3 Å². The van der Waals surface area contributed by atoms with E-state index in [9.17, 15) is 0 Å². The predicted molar refractivity (Wildman–Crippen MR) is 70.8 cm³/mol. The molecular weight excluding hydrogens is 350 g/mol. The lowest BCUT2D eigenvalue weighted by Crippen LogP contribution is -2.30. The molecular formula is C10H9Br2N5. The second-order valence-corrected chi connectivity index (χ2v) is 5.06. The number of nitrogens with zero attached hydrogens (tertiary/aromatic N) is 3. The molecule has 5 nitrogen and oxygen atoms in total. The van der Waals surface area contributed by atoms with E-state index in [1.54, 1.807) is 18.6 Å². The fourth-order valence-electron chi connectivity index (χ4n) is 1.43. The zero-order chi connectivity index (χ0) is 12.3. The van der Waals surface area contributed by atoms with Gasteiger partial charge < -0.3 is 0 Å². The van der Waals surface area contributed by atoms with Crippen molar-refractivity contribution in [2.24, 2.45) is 5.84 Å². The maximum Gasteiger partial charge on any atom is 0.115 e. The van der Waals surface area contributed by atoms with E-state index in [1.807, 2.05) is 6.07 Å². The summed E-state index contributed by atoms with van der Waals surface area (Å²) in [5, 5.41) is 0. The van der Waals surface area contributed by atoms with Crippen molar-refractivity contribution in [2.45, 2.75) is 6.04 Å². The molecule has 0 aliphatic rings. The van der Waals surface area contributed by atoms with Crippen LogP contribution >= 0.6 is 31.9 Å². The summed E-state index contributed by atoms with van der Waals surface area (Å²) in [5.41, 5.74) is 4.34. The van der Waals surface area contributed by atoms with Crippen LogP contribution in [0, 0.1) is 0 Å². The lowest BCUT2D eigenvalue weighted by molar-refractivity contribution is 0.613. The van der Waals surface area contributed by atoms with E-state index in [0.717, 1.165) is 20.2 Å². The Bertz CT molecular complexity index is 505. The Hall–Kier alpha value is -0.890. The lowest BCUT2D eigenvalue weighted by Gasteiger charge is -2.16. The van der Waals surface area contributed by atoms with E-state index in [1.165, 1.54) is 6.33 Å². The highest BCUT2D eigenvalue weighted by Gasteiger charge is 2.17. The molecule has 0 aliphatic carbocycles. The number of hydrazine groups is 1. The van der Waals surface area contributed by atoms with Crippen LogP contribution in [0.2, 0.25) is 0 Å². The van der Waals surface area contributed by atoms with Gasteiger partial charge in [0.15, 0.2) is 0 Å². The van der Waals surface area contributed by atoms with Crippen LogP contribution in [0.5, 0.6) is 0 Å². The largest absolute Gasteiger partial charge is 0.271 e. The van der Waals surface area contributed by atoms with Crippen molar-refractivity contribution < 1.29 is 0 Å². The van der Waals surface area contributed by atoms with Gasteiger partial charge in [-0.25, -0.2) is 15.4 Å². The SMILES string of the molecule is NNC(c1cncnc1)c1ncc(Br)cc1Br. The predicted octanol–water partition coefficient (Wildman–Crippen LogP) is 1.95. The Balaban J connectivity index is 2.42. The van der Waals surface area contributed by atoms with Crippen molar-refractivity contribution in [3.63, 3.8) is 0 Å². The van der Waals surface area contributed by atoms with Crippen molar-refractivity contribution >= 4 is 31.9 Å². The van der Waals surface area contributed by atoms with Crippen LogP contribution in [0.4, 0.5) is 0 Å². The summed E-state index contributed by atoms with van der Waals surface area (Å²) in [7, 11) is 0. The quantitative estimate of drug-likeness (QED) is 0.647. The third-order valence-electron chi connectivity index (χ3n) is 2.19. The first kappa shape index (κ1) is 12.6. The molecule has 0 amide bonds. The van der Waals surface area contributed by atoms with Gasteiger partial charge in [0, 0.05) is 33.1 Å². The second kappa shape index (κ2) is 5.63. The molecule has 0 bridgehead atoms. The number of pyridine rings is 1. The molecule has 2 aromatic heterocycles. The Morgan fingerprint density at radius 2 is 1.88 bits per heavy atom. The van der Waals surface area contributed by atoms with Crippen molar-refractivity contribution in [2.75, 3.05) is 0 Å². The van der Waals surface area contributed by atoms with Crippen LogP contribution in [-0.2, 0) is 0 Å². The summed E-state index contributed by atoms with van der Waals surface area (Å²) in [5.74, 6) is 5.57. The fourth-order valence-corrected chi connectivity index (χ4v) is 2.65. The Kier molecular flexibility index (Phi) is 4.16. The molecule has 3 N–H and O–H groups in total. The van der Waals surface area contributed by atoms with Crippen LogP contribution in [-0.4, -0.2) is 15.0 Å². The Morgan fingerprint density at radius 3 is 2.47 bits per heavy atom. The van der Waals surface area contributed by atoms with Crippen molar-refractivity contribution in [1.82, 2.24) is 20.4 Å². The van der Waals surface area contributed by atoms with Gasteiger partial charge in [-0.1, -0.05) is 0 Å². The smallest absolute Gasteiger partial charge is 0.115 e. The van der Waals surface area contributed by atoms with Gasteiger partial charge in [0.1, 0.15) is 6.33 Å². The second-order valence-electron chi connectivity index (χ2n) is 3.29. The van der Waals surface area contributed by atoms with Gasteiger partial charge in [-0.3, -0.25) is 10.8 Å². The van der Waals surface area contributed by atoms with Gasteiger partial charge in [-0.05, 0) is 37.9 Å². The van der Waals surface area contributed by atoms with Crippen LogP contribution in [0.15, 0.2) is 39.9 Å². The molecule has 0 aromatic carbocycles. The summed E-state index contributed by atoms with van der Waals surface area (Å²) in [6.07, 6.45) is 6.59. The van der Waals surface area contributed by atoms with Gasteiger partial charge >= 0.3 is 0 Å². The summed E-state index contributed by atoms with van der Waals surface area (Å²) in [6.45, 7) is 0. The highest BCUT2D eigenvalue weighted by Crippen LogP contribution is 2.27. The van der Waals surface area contributed by atoms with E-state index in [2.05, 4.69) is 52.2 Å². The minimum atomic E-state index is -0.251. The number of aromatic nitrogens is 3. The minimum Gasteiger partial charge on any atom is -0.271 e. The van der Waals surface area contributed by atoms with E-state index >= 15 is 0 Å². The van der Waals surface area contributed by atoms with Crippen molar-refractivity contribution in [3.8, 4) is 0 Å². The van der Waals surface area contributed by atoms with Crippen LogP contribution in [0.25, 0.3) is 0 Å². The molecule has 1 atom stereocenters. The summed E-state index contributed by atoms with van der Waals surface area (Å²) >= 11 is 6.81. The third-order valence-corrected chi connectivity index (χ3v) is 3.26. The molecule has 1 unspecified atom stereocenters. The summed E-state index contributed by atoms with van der Waals surface area (Å²) < 4.78 is 1.76. The van der Waals surface area contributed by atoms with Gasteiger partial charge in [-0.2, -0.15) is 0 Å². The minimum absolute atomic E-state index is 0.251. The molecule has 0 aliphatic heterocycles. The Morgan fingerprint density at radius 1 is 1.18 bits per heavy atom. The maximum atomic E-state index is 5.57. The van der Waals surface area contributed by atoms with Gasteiger partial charge in [0.2, 0.25) is 0 Å². The van der Waals surface area contributed by atoms with E-state index < -0.39 is 0 Å². The highest BCUT2D eigenvalue weighted by molar-refractivity contribution is 9.11. The van der Waals surface area contributed by atoms with Gasteiger partial charge in [0.25, 0.3) is 0 Å². The topological polar surface area (TPSA) is 76.7 Å². The van der Waals surface area contributed by atoms with E-state index in [-0.39, 0.29) is 6.04 Å². The molecule has 17 heavy (non-hydrogen) atoms. The van der Waals surface area contributed by atoms with E-state index in [0.29, 0.717) is 0 Å². The van der Waals surface area contributed by atoms with Gasteiger partial charge in [-0.15, -0.1) is 0 Å². The summed E-state index contributed by atoms with van der Waals surface area (Å²) in [4.78, 5) is 12.3. The fraction of sp³-hybridized carbons (Fsp3) is 0.100. The maximum absolute atomic E-state index is 5.57. The zero-order valence-electron chi connectivity index (χ0n) is 8.64. The monoisotopic (exact) mass is 357 g/mol. The number of halogens is 2. The normalized spacial score (nSPS) is 12.4. The molecule has 0 fully saturated rings. The number of nitrogens with one attached hydrogen (secondary N) is 1. The third kappa shape index (κ3) is 2.86. The standard InChI is InChI=1S/C10H9Br2N5/c11-7-1-8(12)10(16-4-7)9(17-13)6-2-14-5-15-3-6/h1-5,9,17H,13H2. The number of nitrogens with two attached hydrogens (primary N) is 1. The molecule has 0 saturated carbocycles. The molecule has 2 rings (SSSR count). The average molecular weight is 359 g/mol. The van der Waals surface area contributed by atoms with Crippen molar-refractivity contribution in [1.29, 1.82) is 0 Å². The molecule has 0 radical (unpaired) electrons. The Labute approximate surface area is 115 Å². The molecule has 2 aromatic rings. The van der Waals surface area contributed by atoms with Gasteiger partial charge in [0.05, 0.1) is 11.7 Å². The number of hydrogen-bond acceptors (Lipinski definition) is 5. The molecule has 7 heteroatoms. The average Bonchev–Trinajstić information content (AvgIpc) is 2.34. The van der Waals surface area contributed by atoms with Crippen LogP contribution in [0.3, 0.4) is 0 Å². The van der Waals surface area contributed by atoms with Crippen LogP contribution < -0.4 is 11.3 Å². The highest BCUT2D eigenvalue weighted by atomic mass is 79.9. The number of hydrogen-bond donors (Lipinski definition) is 2. The van der Waals surface area contributed by atoms with E-state index in [4.69, 9.17) is 5.84 Å². The lowest BCUT2D eigenvalue weighted by atomic mass is 10.1. The first-order valence-corrected chi connectivity index (χ1v) is 6.33. The molecule has 0 saturated heterocycles. The zero-order valence-corrected chi connectivity index (χ0v) is 11.8. The van der Waals surface area contributed by atoms with Crippen molar-refractivity contribution in [3.05, 3.63) is 51.2 Å².